The van der Waals surface area contributed by atoms with Crippen molar-refractivity contribution < 1.29 is 14.3 Å². The van der Waals surface area contributed by atoms with Crippen molar-refractivity contribution in [3.8, 4) is 0 Å². The molecule has 0 aromatic carbocycles. The van der Waals surface area contributed by atoms with E-state index in [1.807, 2.05) is 6.92 Å². The van der Waals surface area contributed by atoms with Gasteiger partial charge in [0.05, 0.1) is 12.6 Å². The molecule has 1 N–H and O–H groups in total. The van der Waals surface area contributed by atoms with E-state index in [2.05, 4.69) is 18.3 Å². The van der Waals surface area contributed by atoms with E-state index in [0.29, 0.717) is 12.5 Å². The molecule has 0 heterocycles. The largest absolute Gasteiger partial charge is 0.450 e. The van der Waals surface area contributed by atoms with Crippen LogP contribution in [-0.4, -0.2) is 31.5 Å². The van der Waals surface area contributed by atoms with Gasteiger partial charge in [0.2, 0.25) is 0 Å². The average molecular weight is 239 g/mol. The van der Waals surface area contributed by atoms with Crippen LogP contribution in [0.5, 0.6) is 0 Å². The Labute approximate surface area is 102 Å². The summed E-state index contributed by atoms with van der Waals surface area (Å²) in [5.74, 6) is 0.582. The van der Waals surface area contributed by atoms with Gasteiger partial charge in [-0.1, -0.05) is 11.6 Å². The predicted octanol–water partition coefficient (Wildman–Crippen LogP) is 2.25. The van der Waals surface area contributed by atoms with Crippen molar-refractivity contribution in [1.29, 1.82) is 0 Å². The number of carbonyl (C=O) groups is 1. The highest BCUT2D eigenvalue weighted by atomic mass is 16.5. The lowest BCUT2D eigenvalue weighted by Gasteiger charge is -2.49. The van der Waals surface area contributed by atoms with E-state index in [4.69, 9.17) is 9.47 Å². The molecule has 0 aliphatic heterocycles. The molecule has 0 saturated heterocycles. The van der Waals surface area contributed by atoms with E-state index in [1.54, 1.807) is 7.11 Å². The van der Waals surface area contributed by atoms with Crippen LogP contribution >= 0.6 is 0 Å². The smallest absolute Gasteiger partial charge is 0.407 e. The number of nitrogens with one attached hydrogen (secondary N) is 1. The molecule has 4 nitrogen and oxygen atoms in total. The van der Waals surface area contributed by atoms with Gasteiger partial charge in [-0.2, -0.15) is 0 Å². The molecular formula is C13H21NO3. The van der Waals surface area contributed by atoms with Crippen LogP contribution in [0.1, 0.15) is 33.1 Å². The van der Waals surface area contributed by atoms with Crippen LogP contribution < -0.4 is 5.32 Å². The van der Waals surface area contributed by atoms with Crippen LogP contribution in [-0.2, 0) is 9.47 Å². The third-order valence-corrected chi connectivity index (χ3v) is 4.06. The molecular weight excluding hydrogens is 218 g/mol. The van der Waals surface area contributed by atoms with Crippen molar-refractivity contribution in [3.05, 3.63) is 11.6 Å². The first-order chi connectivity index (χ1) is 8.11. The van der Waals surface area contributed by atoms with E-state index < -0.39 is 0 Å². The Hall–Kier alpha value is -1.03. The Balaban J connectivity index is 2.12. The van der Waals surface area contributed by atoms with E-state index in [0.717, 1.165) is 19.3 Å². The summed E-state index contributed by atoms with van der Waals surface area (Å²) >= 11 is 0. The highest BCUT2D eigenvalue weighted by Gasteiger charge is 2.47. The van der Waals surface area contributed by atoms with Crippen LogP contribution in [0, 0.1) is 5.92 Å². The molecule has 0 aromatic rings. The predicted molar refractivity (Wildman–Crippen MR) is 64.8 cm³/mol. The van der Waals surface area contributed by atoms with E-state index in [1.165, 1.54) is 5.57 Å². The van der Waals surface area contributed by atoms with Gasteiger partial charge in [0.15, 0.2) is 0 Å². The number of carbonyl (C=O) groups excluding carboxylic acids is 1. The lowest BCUT2D eigenvalue weighted by molar-refractivity contribution is -0.0435. The molecule has 3 unspecified atom stereocenters. The highest BCUT2D eigenvalue weighted by molar-refractivity contribution is 5.68. The zero-order chi connectivity index (χ0) is 12.5. The fraction of sp³-hybridized carbons (Fsp3) is 0.769. The number of hydrogen-bond acceptors (Lipinski definition) is 3. The van der Waals surface area contributed by atoms with Gasteiger partial charge in [-0.15, -0.1) is 0 Å². The van der Waals surface area contributed by atoms with Gasteiger partial charge in [-0.05, 0) is 39.0 Å². The number of allylic oxidation sites excluding steroid dienone is 1. The van der Waals surface area contributed by atoms with Crippen LogP contribution in [0.15, 0.2) is 11.6 Å². The fourth-order valence-electron chi connectivity index (χ4n) is 3.06. The van der Waals surface area contributed by atoms with E-state index in [-0.39, 0.29) is 17.7 Å². The van der Waals surface area contributed by atoms with Gasteiger partial charge < -0.3 is 14.8 Å². The van der Waals surface area contributed by atoms with Crippen molar-refractivity contribution in [2.24, 2.45) is 5.92 Å². The molecule has 4 heteroatoms. The molecule has 3 rings (SSSR count). The minimum atomic E-state index is -0.340. The molecule has 17 heavy (non-hydrogen) atoms. The van der Waals surface area contributed by atoms with Crippen molar-refractivity contribution in [2.75, 3.05) is 13.7 Å². The number of rotatable bonds is 3. The summed E-state index contributed by atoms with van der Waals surface area (Å²) in [7, 11) is 1.72. The quantitative estimate of drug-likeness (QED) is 0.768. The number of amides is 1. The molecule has 3 atom stereocenters. The monoisotopic (exact) mass is 239 g/mol. The summed E-state index contributed by atoms with van der Waals surface area (Å²) in [5, 5.41) is 2.93. The number of methoxy groups -OCH3 is 1. The molecule has 1 fully saturated rings. The van der Waals surface area contributed by atoms with Crippen molar-refractivity contribution in [2.45, 2.75) is 44.8 Å². The molecule has 1 saturated carbocycles. The second kappa shape index (κ2) is 4.69. The molecule has 0 aromatic heterocycles. The third-order valence-electron chi connectivity index (χ3n) is 4.06. The van der Waals surface area contributed by atoms with Gasteiger partial charge in [0.25, 0.3) is 0 Å². The third kappa shape index (κ3) is 2.18. The molecule has 0 spiro atoms. The number of hydrogen-bond donors (Lipinski definition) is 1. The number of fused-ring (bicyclic) bond motifs is 2. The molecule has 1 amide bonds. The summed E-state index contributed by atoms with van der Waals surface area (Å²) in [5.41, 5.74) is 1.06. The lowest BCUT2D eigenvalue weighted by Crippen LogP contribution is -2.58. The van der Waals surface area contributed by atoms with Gasteiger partial charge in [0.1, 0.15) is 5.60 Å². The van der Waals surface area contributed by atoms with E-state index in [9.17, 15) is 4.79 Å². The first kappa shape index (κ1) is 12.4. The second-order valence-electron chi connectivity index (χ2n) is 4.94. The molecule has 2 bridgehead atoms. The fourth-order valence-corrected chi connectivity index (χ4v) is 3.06. The minimum Gasteiger partial charge on any atom is -0.450 e. The van der Waals surface area contributed by atoms with Crippen LogP contribution in [0.2, 0.25) is 0 Å². The summed E-state index contributed by atoms with van der Waals surface area (Å²) in [4.78, 5) is 11.5. The molecule has 3 aliphatic rings. The Kier molecular flexibility index (Phi) is 3.43. The van der Waals surface area contributed by atoms with Gasteiger partial charge in [-0.25, -0.2) is 4.79 Å². The Morgan fingerprint density at radius 3 is 3.00 bits per heavy atom. The summed E-state index contributed by atoms with van der Waals surface area (Å²) in [6.07, 6.45) is 4.92. The van der Waals surface area contributed by atoms with Crippen LogP contribution in [0.4, 0.5) is 4.79 Å². The van der Waals surface area contributed by atoms with Gasteiger partial charge in [-0.3, -0.25) is 0 Å². The van der Waals surface area contributed by atoms with Gasteiger partial charge in [0, 0.05) is 7.11 Å². The number of ether oxygens (including phenoxy) is 2. The van der Waals surface area contributed by atoms with Crippen molar-refractivity contribution in [1.82, 2.24) is 5.32 Å². The Morgan fingerprint density at radius 1 is 1.65 bits per heavy atom. The van der Waals surface area contributed by atoms with Crippen molar-refractivity contribution in [3.63, 3.8) is 0 Å². The van der Waals surface area contributed by atoms with Crippen LogP contribution in [0.3, 0.4) is 0 Å². The Bertz CT molecular complexity index is 340. The first-order valence-corrected chi connectivity index (χ1v) is 6.29. The zero-order valence-electron chi connectivity index (χ0n) is 10.8. The first-order valence-electron chi connectivity index (χ1n) is 6.29. The van der Waals surface area contributed by atoms with E-state index >= 15 is 0 Å². The summed E-state index contributed by atoms with van der Waals surface area (Å²) < 4.78 is 10.6. The van der Waals surface area contributed by atoms with Crippen LogP contribution in [0.25, 0.3) is 0 Å². The Morgan fingerprint density at radius 2 is 2.41 bits per heavy atom. The topological polar surface area (TPSA) is 47.6 Å². The minimum absolute atomic E-state index is 0.0361. The summed E-state index contributed by atoms with van der Waals surface area (Å²) in [6, 6.07) is 0.0361. The molecule has 96 valence electrons. The lowest BCUT2D eigenvalue weighted by atomic mass is 9.66. The molecule has 0 radical (unpaired) electrons. The molecule has 3 aliphatic carbocycles. The second-order valence-corrected chi connectivity index (χ2v) is 4.94. The maximum Gasteiger partial charge on any atom is 0.407 e. The number of alkyl carbamates (subject to hydrolysis) is 1. The highest BCUT2D eigenvalue weighted by Crippen LogP contribution is 2.45. The maximum absolute atomic E-state index is 11.5. The van der Waals surface area contributed by atoms with Crippen molar-refractivity contribution >= 4 is 6.09 Å². The normalized spacial score (nSPS) is 35.4. The summed E-state index contributed by atoms with van der Waals surface area (Å²) in [6.45, 7) is 4.36. The average Bonchev–Trinajstić information content (AvgIpc) is 2.31. The van der Waals surface area contributed by atoms with Gasteiger partial charge >= 0.3 is 6.09 Å². The zero-order valence-corrected chi connectivity index (χ0v) is 10.8. The maximum atomic E-state index is 11.5. The standard InChI is InChI=1S/C13H21NO3/c1-4-17-12(15)14-11-7-10-5-6-13(11,16-3)8-9(10)2/h8,10-11H,4-7H2,1-3H3,(H,14,15). The SMILES string of the molecule is CCOC(=O)NC1CC2CCC1(OC)C=C2C.